The van der Waals surface area contributed by atoms with Gasteiger partial charge in [0.15, 0.2) is 5.96 Å². The Balaban J connectivity index is 0.00000180. The average molecular weight is 388 g/mol. The smallest absolute Gasteiger partial charge is 0.193 e. The highest BCUT2D eigenvalue weighted by atomic mass is 127. The van der Waals surface area contributed by atoms with Crippen LogP contribution in [-0.4, -0.2) is 17.5 Å². The molecule has 2 rings (SSSR count). The molecule has 0 saturated carbocycles. The largest absolute Gasteiger partial charge is 0.370 e. The lowest BCUT2D eigenvalue weighted by Crippen LogP contribution is -2.22. The van der Waals surface area contributed by atoms with E-state index < -0.39 is 0 Å². The number of aryl methyl sites for hydroxylation is 1. The number of para-hydroxylation sites is 1. The molecule has 0 fully saturated rings. The van der Waals surface area contributed by atoms with Crippen LogP contribution in [0.3, 0.4) is 0 Å². The Morgan fingerprint density at radius 3 is 2.74 bits per heavy atom. The van der Waals surface area contributed by atoms with Crippen LogP contribution in [0.25, 0.3) is 0 Å². The maximum absolute atomic E-state index is 5.80. The van der Waals surface area contributed by atoms with Crippen molar-refractivity contribution in [2.45, 2.75) is 13.3 Å². The van der Waals surface area contributed by atoms with Crippen LogP contribution in [-0.2, 0) is 6.42 Å². The topological polar surface area (TPSA) is 63.3 Å². The molecular weight excluding hydrogens is 371 g/mol. The molecule has 102 valence electrons. The third-order valence-electron chi connectivity index (χ3n) is 2.32. The molecule has 0 spiro atoms. The lowest BCUT2D eigenvalue weighted by Gasteiger charge is -2.04. The molecule has 0 aliphatic rings. The highest BCUT2D eigenvalue weighted by molar-refractivity contribution is 14.0. The quantitative estimate of drug-likeness (QED) is 0.481. The van der Waals surface area contributed by atoms with Gasteiger partial charge in [0, 0.05) is 29.7 Å². The molecule has 0 atom stereocenters. The zero-order chi connectivity index (χ0) is 12.8. The molecular formula is C13H17IN4S. The van der Waals surface area contributed by atoms with Crippen LogP contribution in [0.2, 0.25) is 0 Å². The summed E-state index contributed by atoms with van der Waals surface area (Å²) in [4.78, 5) is 9.78. The van der Waals surface area contributed by atoms with Gasteiger partial charge in [-0.05, 0) is 19.1 Å². The van der Waals surface area contributed by atoms with E-state index in [4.69, 9.17) is 5.73 Å². The first-order valence-corrected chi connectivity index (χ1v) is 6.59. The van der Waals surface area contributed by atoms with E-state index in [-0.39, 0.29) is 24.0 Å². The predicted octanol–water partition coefficient (Wildman–Crippen LogP) is 3.04. The van der Waals surface area contributed by atoms with Crippen molar-refractivity contribution in [1.82, 2.24) is 4.98 Å². The number of halogens is 1. The average Bonchev–Trinajstić information content (AvgIpc) is 2.76. The molecule has 19 heavy (non-hydrogen) atoms. The van der Waals surface area contributed by atoms with E-state index in [2.05, 4.69) is 22.2 Å². The predicted molar refractivity (Wildman–Crippen MR) is 92.5 cm³/mol. The second kappa shape index (κ2) is 8.11. The summed E-state index contributed by atoms with van der Waals surface area (Å²) in [5, 5.41) is 4.14. The molecule has 6 heteroatoms. The fraction of sp³-hybridized carbons (Fsp3) is 0.231. The number of hydrogen-bond acceptors (Lipinski definition) is 3. The Labute approximate surface area is 134 Å². The molecule has 1 aromatic heterocycles. The zero-order valence-corrected chi connectivity index (χ0v) is 13.8. The van der Waals surface area contributed by atoms with Crippen molar-refractivity contribution in [3.8, 4) is 0 Å². The van der Waals surface area contributed by atoms with Crippen molar-refractivity contribution >= 4 is 47.0 Å². The van der Waals surface area contributed by atoms with Gasteiger partial charge in [-0.1, -0.05) is 18.2 Å². The van der Waals surface area contributed by atoms with E-state index in [1.54, 1.807) is 11.3 Å². The SMILES string of the molecule is Cc1cnc(CCN=C(N)Nc2ccccc2)s1.I. The maximum atomic E-state index is 5.80. The molecule has 1 heterocycles. The normalized spacial score (nSPS) is 10.9. The van der Waals surface area contributed by atoms with Gasteiger partial charge in [-0.2, -0.15) is 0 Å². The second-order valence-electron chi connectivity index (χ2n) is 3.87. The van der Waals surface area contributed by atoms with E-state index in [9.17, 15) is 0 Å². The highest BCUT2D eigenvalue weighted by Crippen LogP contribution is 2.11. The summed E-state index contributed by atoms with van der Waals surface area (Å²) in [5.41, 5.74) is 6.74. The van der Waals surface area contributed by atoms with Crippen LogP contribution in [0, 0.1) is 6.92 Å². The number of aliphatic imine (C=N–C) groups is 1. The lowest BCUT2D eigenvalue weighted by atomic mass is 10.3. The molecule has 0 bridgehead atoms. The van der Waals surface area contributed by atoms with Gasteiger partial charge in [0.1, 0.15) is 0 Å². The Hall–Kier alpha value is -1.15. The van der Waals surface area contributed by atoms with E-state index in [1.165, 1.54) is 4.88 Å². The van der Waals surface area contributed by atoms with Gasteiger partial charge in [-0.25, -0.2) is 4.98 Å². The minimum atomic E-state index is 0. The van der Waals surface area contributed by atoms with Gasteiger partial charge in [0.2, 0.25) is 0 Å². The maximum Gasteiger partial charge on any atom is 0.193 e. The fourth-order valence-electron chi connectivity index (χ4n) is 1.50. The first kappa shape index (κ1) is 15.9. The standard InChI is InChI=1S/C13H16N4S.HI/c1-10-9-16-12(18-10)7-8-15-13(14)17-11-5-3-2-4-6-11;/h2-6,9H,7-8H2,1H3,(H3,14,15,17);1H. The first-order valence-electron chi connectivity index (χ1n) is 5.77. The molecule has 1 aromatic carbocycles. The van der Waals surface area contributed by atoms with Crippen LogP contribution in [0.4, 0.5) is 5.69 Å². The lowest BCUT2D eigenvalue weighted by molar-refractivity contribution is 0.949. The van der Waals surface area contributed by atoms with Gasteiger partial charge in [0.05, 0.1) is 5.01 Å². The first-order chi connectivity index (χ1) is 8.74. The minimum Gasteiger partial charge on any atom is -0.370 e. The van der Waals surface area contributed by atoms with E-state index >= 15 is 0 Å². The Morgan fingerprint density at radius 2 is 2.11 bits per heavy atom. The van der Waals surface area contributed by atoms with Gasteiger partial charge < -0.3 is 11.1 Å². The molecule has 3 N–H and O–H groups in total. The van der Waals surface area contributed by atoms with Crippen molar-refractivity contribution in [1.29, 1.82) is 0 Å². The van der Waals surface area contributed by atoms with Crippen LogP contribution < -0.4 is 11.1 Å². The number of benzene rings is 1. The number of aromatic nitrogens is 1. The molecule has 0 radical (unpaired) electrons. The van der Waals surface area contributed by atoms with Gasteiger partial charge in [0.25, 0.3) is 0 Å². The van der Waals surface area contributed by atoms with E-state index in [0.29, 0.717) is 12.5 Å². The van der Waals surface area contributed by atoms with Crippen LogP contribution in [0.15, 0.2) is 41.5 Å². The summed E-state index contributed by atoms with van der Waals surface area (Å²) in [6, 6.07) is 9.77. The molecule has 4 nitrogen and oxygen atoms in total. The molecule has 2 aromatic rings. The molecule has 0 amide bonds. The van der Waals surface area contributed by atoms with Crippen LogP contribution >= 0.6 is 35.3 Å². The van der Waals surface area contributed by atoms with Crippen LogP contribution in [0.5, 0.6) is 0 Å². The summed E-state index contributed by atoms with van der Waals surface area (Å²) < 4.78 is 0. The Morgan fingerprint density at radius 1 is 1.37 bits per heavy atom. The summed E-state index contributed by atoms with van der Waals surface area (Å²) >= 11 is 1.70. The van der Waals surface area contributed by atoms with Crippen molar-refractivity contribution in [2.24, 2.45) is 10.7 Å². The molecule has 0 unspecified atom stereocenters. The number of anilines is 1. The number of guanidine groups is 1. The van der Waals surface area contributed by atoms with Gasteiger partial charge in [-0.15, -0.1) is 35.3 Å². The minimum absolute atomic E-state index is 0. The number of nitrogens with zero attached hydrogens (tertiary/aromatic N) is 2. The molecule has 0 aliphatic heterocycles. The van der Waals surface area contributed by atoms with Crippen molar-refractivity contribution < 1.29 is 0 Å². The number of nitrogens with one attached hydrogen (secondary N) is 1. The number of rotatable bonds is 4. The zero-order valence-electron chi connectivity index (χ0n) is 10.7. The highest BCUT2D eigenvalue weighted by Gasteiger charge is 1.98. The monoisotopic (exact) mass is 388 g/mol. The summed E-state index contributed by atoms with van der Waals surface area (Å²) in [5.74, 6) is 0.439. The Kier molecular flexibility index (Phi) is 6.79. The summed E-state index contributed by atoms with van der Waals surface area (Å²) in [7, 11) is 0. The van der Waals surface area contributed by atoms with E-state index in [0.717, 1.165) is 17.1 Å². The molecule has 0 saturated heterocycles. The number of thiazole rings is 1. The third-order valence-corrected chi connectivity index (χ3v) is 3.30. The summed E-state index contributed by atoms with van der Waals surface area (Å²) in [6.07, 6.45) is 2.71. The number of nitrogens with two attached hydrogens (primary N) is 1. The Bertz CT molecular complexity index is 524. The molecule has 0 aliphatic carbocycles. The van der Waals surface area contributed by atoms with Crippen molar-refractivity contribution in [2.75, 3.05) is 11.9 Å². The summed E-state index contributed by atoms with van der Waals surface area (Å²) in [6.45, 7) is 2.70. The second-order valence-corrected chi connectivity index (χ2v) is 5.19. The van der Waals surface area contributed by atoms with Gasteiger partial charge >= 0.3 is 0 Å². The van der Waals surface area contributed by atoms with Crippen molar-refractivity contribution in [3.05, 3.63) is 46.4 Å². The van der Waals surface area contributed by atoms with Crippen molar-refractivity contribution in [3.63, 3.8) is 0 Å². The van der Waals surface area contributed by atoms with Gasteiger partial charge in [-0.3, -0.25) is 4.99 Å². The third kappa shape index (κ3) is 5.56. The van der Waals surface area contributed by atoms with Crippen LogP contribution in [0.1, 0.15) is 9.88 Å². The van der Waals surface area contributed by atoms with E-state index in [1.807, 2.05) is 36.5 Å². The number of hydrogen-bond donors (Lipinski definition) is 2. The fourth-order valence-corrected chi connectivity index (χ4v) is 2.27.